The van der Waals surface area contributed by atoms with Crippen LogP contribution in [0.25, 0.3) is 0 Å². The first-order valence-electron chi connectivity index (χ1n) is 5.37. The van der Waals surface area contributed by atoms with Crippen molar-refractivity contribution in [1.82, 2.24) is 14.8 Å². The number of aromatic nitrogens is 3. The SMILES string of the molecule is Cc1nnc(Sc2ccc([N+](=O)[O-])cc2[N+](=O)[O-])n1C. The van der Waals surface area contributed by atoms with Crippen LogP contribution in [0.4, 0.5) is 11.4 Å². The molecule has 0 spiro atoms. The molecule has 0 N–H and O–H groups in total. The summed E-state index contributed by atoms with van der Waals surface area (Å²) in [5.41, 5.74) is -0.653. The largest absolute Gasteiger partial charge is 0.309 e. The molecular formula is C10H9N5O4S. The normalized spacial score (nSPS) is 10.5. The van der Waals surface area contributed by atoms with Gasteiger partial charge in [-0.25, -0.2) is 0 Å². The minimum absolute atomic E-state index is 0.274. The summed E-state index contributed by atoms with van der Waals surface area (Å²) >= 11 is 1.04. The molecule has 9 nitrogen and oxygen atoms in total. The summed E-state index contributed by atoms with van der Waals surface area (Å²) in [5, 5.41) is 29.9. The Morgan fingerprint density at radius 3 is 2.40 bits per heavy atom. The van der Waals surface area contributed by atoms with Gasteiger partial charge >= 0.3 is 0 Å². The number of nitro benzene ring substituents is 2. The Labute approximate surface area is 116 Å². The number of rotatable bonds is 4. The van der Waals surface area contributed by atoms with Gasteiger partial charge in [0.2, 0.25) is 0 Å². The molecule has 1 heterocycles. The van der Waals surface area contributed by atoms with Crippen LogP contribution in [0, 0.1) is 27.2 Å². The average molecular weight is 295 g/mol. The van der Waals surface area contributed by atoms with E-state index < -0.39 is 9.85 Å². The average Bonchev–Trinajstić information content (AvgIpc) is 2.70. The fraction of sp³-hybridized carbons (Fsp3) is 0.200. The Kier molecular flexibility index (Phi) is 3.66. The predicted molar refractivity (Wildman–Crippen MR) is 69.6 cm³/mol. The lowest BCUT2D eigenvalue weighted by Gasteiger charge is -2.02. The Hall–Kier alpha value is -2.49. The molecule has 0 unspecified atom stereocenters. The van der Waals surface area contributed by atoms with Crippen LogP contribution in [-0.4, -0.2) is 24.6 Å². The zero-order chi connectivity index (χ0) is 14.9. The number of benzene rings is 1. The van der Waals surface area contributed by atoms with Crippen LogP contribution >= 0.6 is 11.8 Å². The monoisotopic (exact) mass is 295 g/mol. The minimum atomic E-state index is -0.673. The zero-order valence-corrected chi connectivity index (χ0v) is 11.3. The van der Waals surface area contributed by atoms with E-state index in [-0.39, 0.29) is 16.3 Å². The number of nitro groups is 2. The Morgan fingerprint density at radius 1 is 1.20 bits per heavy atom. The molecule has 2 aromatic rings. The van der Waals surface area contributed by atoms with Gasteiger partial charge in [0, 0.05) is 13.1 Å². The van der Waals surface area contributed by atoms with E-state index in [9.17, 15) is 20.2 Å². The Morgan fingerprint density at radius 2 is 1.90 bits per heavy atom. The molecule has 0 fully saturated rings. The Balaban J connectivity index is 2.43. The summed E-state index contributed by atoms with van der Waals surface area (Å²) in [5.74, 6) is 0.664. The lowest BCUT2D eigenvalue weighted by atomic mass is 10.3. The molecule has 10 heteroatoms. The van der Waals surface area contributed by atoms with Crippen LogP contribution in [0.15, 0.2) is 28.3 Å². The highest BCUT2D eigenvalue weighted by molar-refractivity contribution is 7.99. The summed E-state index contributed by atoms with van der Waals surface area (Å²) in [7, 11) is 1.73. The van der Waals surface area contributed by atoms with E-state index in [1.54, 1.807) is 18.5 Å². The summed E-state index contributed by atoms with van der Waals surface area (Å²) in [6.07, 6.45) is 0. The van der Waals surface area contributed by atoms with Crippen LogP contribution in [0.2, 0.25) is 0 Å². The quantitative estimate of drug-likeness (QED) is 0.626. The lowest BCUT2D eigenvalue weighted by molar-refractivity contribution is -0.396. The number of non-ortho nitro benzene ring substituents is 1. The second kappa shape index (κ2) is 5.25. The highest BCUT2D eigenvalue weighted by atomic mass is 32.2. The van der Waals surface area contributed by atoms with Crippen LogP contribution in [0.3, 0.4) is 0 Å². The van der Waals surface area contributed by atoms with Crippen molar-refractivity contribution in [2.24, 2.45) is 7.05 Å². The van der Waals surface area contributed by atoms with Gasteiger partial charge < -0.3 is 4.57 Å². The van der Waals surface area contributed by atoms with Crippen molar-refractivity contribution in [2.75, 3.05) is 0 Å². The van der Waals surface area contributed by atoms with Crippen molar-refractivity contribution < 1.29 is 9.85 Å². The van der Waals surface area contributed by atoms with Crippen LogP contribution < -0.4 is 0 Å². The van der Waals surface area contributed by atoms with Gasteiger partial charge in [0.1, 0.15) is 5.82 Å². The van der Waals surface area contributed by atoms with Gasteiger partial charge in [-0.05, 0) is 24.8 Å². The number of aryl methyl sites for hydroxylation is 1. The first-order chi connectivity index (χ1) is 9.40. The third-order valence-corrected chi connectivity index (χ3v) is 3.71. The van der Waals surface area contributed by atoms with Crippen LogP contribution in [-0.2, 0) is 7.05 Å². The summed E-state index contributed by atoms with van der Waals surface area (Å²) in [6, 6.07) is 3.50. The lowest BCUT2D eigenvalue weighted by Crippen LogP contribution is -1.96. The molecule has 0 saturated carbocycles. The molecular weight excluding hydrogens is 286 g/mol. The first kappa shape index (κ1) is 13.9. The molecule has 2 rings (SSSR count). The van der Waals surface area contributed by atoms with E-state index in [1.807, 2.05) is 0 Å². The van der Waals surface area contributed by atoms with Crippen LogP contribution in [0.5, 0.6) is 0 Å². The van der Waals surface area contributed by atoms with E-state index in [0.717, 1.165) is 17.8 Å². The third kappa shape index (κ3) is 2.59. The molecule has 0 aliphatic rings. The number of nitrogens with zero attached hydrogens (tertiary/aromatic N) is 5. The second-order valence-electron chi connectivity index (χ2n) is 3.86. The summed E-state index contributed by atoms with van der Waals surface area (Å²) in [4.78, 5) is 20.6. The molecule has 0 saturated heterocycles. The summed E-state index contributed by atoms with van der Waals surface area (Å²) < 4.78 is 1.68. The molecule has 0 atom stereocenters. The van der Waals surface area contributed by atoms with Crippen molar-refractivity contribution in [3.8, 4) is 0 Å². The second-order valence-corrected chi connectivity index (χ2v) is 4.87. The molecule has 0 aliphatic carbocycles. The van der Waals surface area contributed by atoms with Crippen molar-refractivity contribution in [3.63, 3.8) is 0 Å². The van der Waals surface area contributed by atoms with E-state index in [1.165, 1.54) is 12.1 Å². The van der Waals surface area contributed by atoms with Gasteiger partial charge in [-0.1, -0.05) is 0 Å². The van der Waals surface area contributed by atoms with Crippen LogP contribution in [0.1, 0.15) is 5.82 Å². The minimum Gasteiger partial charge on any atom is -0.309 e. The topological polar surface area (TPSA) is 117 Å². The van der Waals surface area contributed by atoms with Crippen molar-refractivity contribution in [3.05, 3.63) is 44.3 Å². The Bertz CT molecular complexity index is 699. The molecule has 0 radical (unpaired) electrons. The number of hydrogen-bond donors (Lipinski definition) is 0. The standard InChI is InChI=1S/C10H9N5O4S/c1-6-11-12-10(13(6)2)20-9-4-3-7(14(16)17)5-8(9)15(18)19/h3-5H,1-2H3. The first-order valence-corrected chi connectivity index (χ1v) is 6.18. The molecule has 1 aromatic carbocycles. The maximum Gasteiger partial charge on any atom is 0.290 e. The smallest absolute Gasteiger partial charge is 0.290 e. The predicted octanol–water partition coefficient (Wildman–Crippen LogP) is 2.09. The fourth-order valence-corrected chi connectivity index (χ4v) is 2.34. The maximum absolute atomic E-state index is 11.0. The highest BCUT2D eigenvalue weighted by Crippen LogP contribution is 2.35. The third-order valence-electron chi connectivity index (χ3n) is 2.60. The molecule has 0 bridgehead atoms. The van der Waals surface area contributed by atoms with E-state index >= 15 is 0 Å². The number of hydrogen-bond acceptors (Lipinski definition) is 7. The molecule has 1 aromatic heterocycles. The van der Waals surface area contributed by atoms with Crippen molar-refractivity contribution >= 4 is 23.1 Å². The van der Waals surface area contributed by atoms with Gasteiger partial charge in [-0.2, -0.15) is 0 Å². The van der Waals surface area contributed by atoms with Gasteiger partial charge in [0.05, 0.1) is 20.8 Å². The van der Waals surface area contributed by atoms with E-state index in [0.29, 0.717) is 11.0 Å². The molecule has 20 heavy (non-hydrogen) atoms. The van der Waals surface area contributed by atoms with Gasteiger partial charge in [0.15, 0.2) is 5.16 Å². The fourth-order valence-electron chi connectivity index (χ4n) is 1.42. The van der Waals surface area contributed by atoms with Gasteiger partial charge in [0.25, 0.3) is 11.4 Å². The zero-order valence-electron chi connectivity index (χ0n) is 10.5. The molecule has 0 amide bonds. The van der Waals surface area contributed by atoms with Gasteiger partial charge in [-0.15, -0.1) is 10.2 Å². The van der Waals surface area contributed by atoms with Crippen molar-refractivity contribution in [1.29, 1.82) is 0 Å². The maximum atomic E-state index is 11.0. The van der Waals surface area contributed by atoms with Gasteiger partial charge in [-0.3, -0.25) is 20.2 Å². The van der Waals surface area contributed by atoms with E-state index in [2.05, 4.69) is 10.2 Å². The molecule has 104 valence electrons. The van der Waals surface area contributed by atoms with E-state index in [4.69, 9.17) is 0 Å². The summed E-state index contributed by atoms with van der Waals surface area (Å²) in [6.45, 7) is 1.75. The highest BCUT2D eigenvalue weighted by Gasteiger charge is 2.21. The molecule has 0 aliphatic heterocycles. The van der Waals surface area contributed by atoms with Crippen molar-refractivity contribution in [2.45, 2.75) is 17.0 Å².